The number of aliphatic hydroxyl groups excluding tert-OH is 4. The third-order valence-electron chi connectivity index (χ3n) is 11.2. The van der Waals surface area contributed by atoms with E-state index in [2.05, 4.69) is 36.4 Å². The largest absolute Gasteiger partial charge is 0.463 e. The van der Waals surface area contributed by atoms with Crippen LogP contribution in [0.4, 0.5) is 0 Å². The lowest BCUT2D eigenvalue weighted by Crippen LogP contribution is -2.59. The number of unbranched alkanes of at least 4 members (excludes halogenated alkanes) is 18. The molecule has 0 saturated carbocycles. The van der Waals surface area contributed by atoms with Crippen LogP contribution >= 0.6 is 0 Å². The summed E-state index contributed by atoms with van der Waals surface area (Å²) in [6.07, 6.45) is 16.2. The van der Waals surface area contributed by atoms with Crippen molar-refractivity contribution in [2.75, 3.05) is 26.4 Å². The van der Waals surface area contributed by atoms with Crippen LogP contribution in [0.5, 0.6) is 0 Å². The molecule has 2 heterocycles. The fourth-order valence-electron chi connectivity index (χ4n) is 7.24. The van der Waals surface area contributed by atoms with Gasteiger partial charge in [-0.05, 0) is 19.3 Å². The third-order valence-corrected chi connectivity index (χ3v) is 11.2. The first-order chi connectivity index (χ1) is 29.5. The summed E-state index contributed by atoms with van der Waals surface area (Å²) in [6, 6.07) is 0. The number of amides is 1. The Morgan fingerprint density at radius 3 is 1.44 bits per heavy atom. The van der Waals surface area contributed by atoms with Crippen LogP contribution in [-0.2, 0) is 44.5 Å². The predicted molar refractivity (Wildman–Crippen MR) is 229 cm³/mol. The molecule has 1 amide bonds. The molecular formula is C45H80N4O12. The number of nitrogens with zero attached hydrogens (tertiary/aromatic N) is 3. The summed E-state index contributed by atoms with van der Waals surface area (Å²) in [5, 5.41) is 51.4. The molecule has 5 N–H and O–H groups in total. The number of esters is 3. The molecular weight excluding hydrogens is 789 g/mol. The standard InChI is InChI=1S/C45H80N4O12/c1-4-7-10-13-16-19-22-25-38(52)58-32-45(33-59-39(53)26-23-20-17-14-11-8-5-2,34-60-40(54)27-24-21-18-15-12-9-6-3)46-37(51)29-28-35-30-49(48-47-35)44-43(57)42(56)41(55)36(31-50)61-44/h30,36,41-44,50,55-57H,4-29,31-34H2,1-3H3,(H,46,51)/t36-,41-,42+,43-,44-/m1/s1. The van der Waals surface area contributed by atoms with Gasteiger partial charge >= 0.3 is 17.9 Å². The molecule has 1 fully saturated rings. The summed E-state index contributed by atoms with van der Waals surface area (Å²) in [6.45, 7) is 4.70. The molecule has 1 aromatic rings. The van der Waals surface area contributed by atoms with E-state index < -0.39 is 86.4 Å². The normalized spacial score (nSPS) is 19.1. The Bertz CT molecular complexity index is 1260. The summed E-state index contributed by atoms with van der Waals surface area (Å²) in [5.41, 5.74) is -1.26. The van der Waals surface area contributed by atoms with Gasteiger partial charge in [0.05, 0.1) is 18.5 Å². The van der Waals surface area contributed by atoms with Gasteiger partial charge in [0.2, 0.25) is 5.91 Å². The third kappa shape index (κ3) is 22.7. The van der Waals surface area contributed by atoms with Gasteiger partial charge in [0.25, 0.3) is 0 Å². The minimum atomic E-state index is -1.61. The molecule has 5 atom stereocenters. The van der Waals surface area contributed by atoms with Crippen molar-refractivity contribution in [1.29, 1.82) is 0 Å². The van der Waals surface area contributed by atoms with Crippen LogP contribution in [0, 0.1) is 0 Å². The number of carbonyl (C=O) groups is 4. The number of aromatic nitrogens is 3. The Balaban J connectivity index is 2.18. The van der Waals surface area contributed by atoms with Gasteiger partial charge in [0, 0.05) is 32.1 Å². The quantitative estimate of drug-likeness (QED) is 0.0292. The lowest BCUT2D eigenvalue weighted by molar-refractivity contribution is -0.254. The van der Waals surface area contributed by atoms with E-state index >= 15 is 0 Å². The van der Waals surface area contributed by atoms with Crippen molar-refractivity contribution in [3.63, 3.8) is 0 Å². The predicted octanol–water partition coefficient (Wildman–Crippen LogP) is 6.09. The number of ether oxygens (including phenoxy) is 4. The maximum absolute atomic E-state index is 13.7. The van der Waals surface area contributed by atoms with Gasteiger partial charge in [-0.2, -0.15) is 0 Å². The Hall–Kier alpha value is -3.18. The average molecular weight is 869 g/mol. The number of aryl methyl sites for hydroxylation is 1. The maximum atomic E-state index is 13.7. The van der Waals surface area contributed by atoms with Crippen molar-refractivity contribution in [2.45, 2.75) is 224 Å². The van der Waals surface area contributed by atoms with Gasteiger partial charge in [-0.25, -0.2) is 4.68 Å². The highest BCUT2D eigenvalue weighted by atomic mass is 16.6. The second kappa shape index (κ2) is 32.5. The fourth-order valence-corrected chi connectivity index (χ4v) is 7.24. The van der Waals surface area contributed by atoms with E-state index in [1.165, 1.54) is 25.5 Å². The van der Waals surface area contributed by atoms with Crippen LogP contribution in [0.1, 0.15) is 193 Å². The molecule has 0 aliphatic carbocycles. The molecule has 0 bridgehead atoms. The van der Waals surface area contributed by atoms with Gasteiger partial charge in [0.15, 0.2) is 6.23 Å². The molecule has 1 aliphatic heterocycles. The molecule has 1 aromatic heterocycles. The highest BCUT2D eigenvalue weighted by Crippen LogP contribution is 2.28. The molecule has 61 heavy (non-hydrogen) atoms. The fraction of sp³-hybridized carbons (Fsp3) is 0.867. The topological polar surface area (TPSA) is 229 Å². The zero-order chi connectivity index (χ0) is 44.7. The van der Waals surface area contributed by atoms with E-state index in [9.17, 15) is 39.6 Å². The lowest BCUT2D eigenvalue weighted by atomic mass is 9.98. The minimum absolute atomic E-state index is 0.0491. The highest BCUT2D eigenvalue weighted by Gasteiger charge is 2.45. The summed E-state index contributed by atoms with van der Waals surface area (Å²) in [7, 11) is 0. The summed E-state index contributed by atoms with van der Waals surface area (Å²) >= 11 is 0. The van der Waals surface area contributed by atoms with Gasteiger partial charge in [-0.1, -0.05) is 142 Å². The molecule has 1 aliphatic rings. The Morgan fingerprint density at radius 2 is 1.03 bits per heavy atom. The Morgan fingerprint density at radius 1 is 0.623 bits per heavy atom. The zero-order valence-electron chi connectivity index (χ0n) is 37.6. The van der Waals surface area contributed by atoms with E-state index in [0.29, 0.717) is 25.0 Å². The minimum Gasteiger partial charge on any atom is -0.463 e. The van der Waals surface area contributed by atoms with E-state index in [1.54, 1.807) is 0 Å². The summed E-state index contributed by atoms with van der Waals surface area (Å²) < 4.78 is 23.9. The summed E-state index contributed by atoms with van der Waals surface area (Å²) in [4.78, 5) is 52.8. The van der Waals surface area contributed by atoms with E-state index in [1.807, 2.05) is 0 Å². The number of hydrogen-bond acceptors (Lipinski definition) is 14. The van der Waals surface area contributed by atoms with Crippen molar-refractivity contribution in [3.05, 3.63) is 11.9 Å². The summed E-state index contributed by atoms with van der Waals surface area (Å²) in [5.74, 6) is -1.95. The molecule has 2 rings (SSSR count). The lowest BCUT2D eigenvalue weighted by Gasteiger charge is -2.39. The van der Waals surface area contributed by atoms with Crippen molar-refractivity contribution in [1.82, 2.24) is 20.3 Å². The van der Waals surface area contributed by atoms with Crippen LogP contribution in [0.2, 0.25) is 0 Å². The van der Waals surface area contributed by atoms with Gasteiger partial charge in [-0.15, -0.1) is 5.10 Å². The monoisotopic (exact) mass is 869 g/mol. The van der Waals surface area contributed by atoms with Crippen molar-refractivity contribution in [3.8, 4) is 0 Å². The van der Waals surface area contributed by atoms with Crippen LogP contribution in [0.15, 0.2) is 6.20 Å². The van der Waals surface area contributed by atoms with Crippen LogP contribution in [0.25, 0.3) is 0 Å². The van der Waals surface area contributed by atoms with Crippen molar-refractivity contribution >= 4 is 23.8 Å². The second-order valence-electron chi connectivity index (χ2n) is 16.8. The molecule has 16 heteroatoms. The first kappa shape index (κ1) is 54.0. The number of nitrogens with one attached hydrogen (secondary N) is 1. The smallest absolute Gasteiger partial charge is 0.305 e. The molecule has 352 valence electrons. The van der Waals surface area contributed by atoms with Crippen LogP contribution < -0.4 is 5.32 Å². The SMILES string of the molecule is CCCCCCCCCC(=O)OCC(COC(=O)CCCCCCCCC)(COC(=O)CCCCCCCCC)NC(=O)CCc1cn([C@@H]2O[C@H](CO)[C@@H](O)[C@H](O)[C@H]2O)nn1. The second-order valence-corrected chi connectivity index (χ2v) is 16.8. The Kier molecular flexibility index (Phi) is 28.7. The average Bonchev–Trinajstić information content (AvgIpc) is 3.73. The van der Waals surface area contributed by atoms with Crippen LogP contribution in [0.3, 0.4) is 0 Å². The number of rotatable bonds is 36. The highest BCUT2D eigenvalue weighted by molar-refractivity contribution is 5.77. The van der Waals surface area contributed by atoms with E-state index in [0.717, 1.165) is 101 Å². The Labute approximate surface area is 364 Å². The maximum Gasteiger partial charge on any atom is 0.305 e. The van der Waals surface area contributed by atoms with Gasteiger partial charge in [-0.3, -0.25) is 19.2 Å². The van der Waals surface area contributed by atoms with Gasteiger partial charge < -0.3 is 44.7 Å². The molecule has 16 nitrogen and oxygen atoms in total. The molecule has 0 radical (unpaired) electrons. The molecule has 1 saturated heterocycles. The molecule has 0 aromatic carbocycles. The molecule has 0 spiro atoms. The number of aliphatic hydroxyl groups is 4. The van der Waals surface area contributed by atoms with E-state index in [-0.39, 0.29) is 32.1 Å². The first-order valence-electron chi connectivity index (χ1n) is 23.5. The van der Waals surface area contributed by atoms with Gasteiger partial charge in [0.1, 0.15) is 49.8 Å². The number of carbonyl (C=O) groups excluding carboxylic acids is 4. The first-order valence-corrected chi connectivity index (χ1v) is 23.5. The van der Waals surface area contributed by atoms with Crippen LogP contribution in [-0.4, -0.2) is 116 Å². The van der Waals surface area contributed by atoms with E-state index in [4.69, 9.17) is 18.9 Å². The number of hydrogen-bond donors (Lipinski definition) is 5. The van der Waals surface area contributed by atoms with Crippen molar-refractivity contribution in [2.24, 2.45) is 0 Å². The molecule has 0 unspecified atom stereocenters. The van der Waals surface area contributed by atoms with Crippen molar-refractivity contribution < 1.29 is 58.6 Å². The zero-order valence-corrected chi connectivity index (χ0v) is 37.6.